The molecular weight excluding hydrogens is 1060 g/mol. The zero-order chi connectivity index (χ0) is 60.5. The fraction of sp³-hybridized carbons (Fsp3) is 0.491. The topological polar surface area (TPSA) is 440 Å². The van der Waals surface area contributed by atoms with E-state index in [4.69, 9.17) is 28.7 Å². The van der Waals surface area contributed by atoms with Gasteiger partial charge in [-0.3, -0.25) is 38.6 Å². The standard InChI is InChI=1S/C57H84N14O11/c1-32(2)47(70-50(75)42(15-7-9-25-58)65-49(74)40(60)13-11-27-63-57(61)62)54(79)68-44(28-35-19-17-33(3)18-20-35)51(76)67-45(29-36-21-23-38(73)24-22-36)53(78)71-48(34(4)72)55(80)69-46(30-37-31-64-41-14-6-5-12-39(37)41)52(77)66-43(56(81)82)16-8-10-26-59/h5-6,12,14,17-24,31-32,34,40,42-48,64,72-73H,7-11,13,15-16,25-30,58-60H2,1-4H3,(H,65,74)(H,66,77)(H,67,76)(H,68,79)(H,69,80)(H,70,75)(H,71,78)(H,81,82)(H4,61,62,63)/t34-,40+,42+,43+,44+,45+,46+,47+,48+/m1/s1. The van der Waals surface area contributed by atoms with Gasteiger partial charge in [-0.1, -0.05) is 74.0 Å². The quantitative estimate of drug-likeness (QED) is 0.0155. The molecule has 0 saturated heterocycles. The number of carbonyl (C=O) groups excluding carboxylic acids is 7. The highest BCUT2D eigenvalue weighted by molar-refractivity contribution is 5.98. The molecule has 4 aromatic rings. The molecule has 0 fully saturated rings. The Morgan fingerprint density at radius 1 is 0.561 bits per heavy atom. The van der Waals surface area contributed by atoms with Crippen LogP contribution in [0.15, 0.2) is 84.0 Å². The number of phenols is 1. The van der Waals surface area contributed by atoms with E-state index in [0.29, 0.717) is 61.9 Å². The molecule has 448 valence electrons. The van der Waals surface area contributed by atoms with Crippen molar-refractivity contribution in [2.75, 3.05) is 19.6 Å². The second kappa shape index (κ2) is 33.6. The van der Waals surface area contributed by atoms with E-state index < -0.39 is 108 Å². The molecule has 25 nitrogen and oxygen atoms in total. The number of unbranched alkanes of at least 4 members (excludes halogenated alkanes) is 2. The number of fused-ring (bicyclic) bond motifs is 1. The van der Waals surface area contributed by atoms with E-state index in [1.165, 1.54) is 31.2 Å². The number of rotatable bonds is 35. The lowest BCUT2D eigenvalue weighted by molar-refractivity contribution is -0.142. The molecule has 0 aliphatic rings. The largest absolute Gasteiger partial charge is 0.508 e. The number of carboxylic acid groups (broad SMARTS) is 1. The van der Waals surface area contributed by atoms with E-state index in [2.05, 4.69) is 47.2 Å². The number of guanidine groups is 1. The number of aliphatic imine (C=N–C) groups is 1. The predicted molar refractivity (Wildman–Crippen MR) is 310 cm³/mol. The molecule has 4 rings (SSSR count). The minimum Gasteiger partial charge on any atom is -0.508 e. The summed E-state index contributed by atoms with van der Waals surface area (Å²) in [6.07, 6.45) is 2.21. The highest BCUT2D eigenvalue weighted by atomic mass is 16.4. The van der Waals surface area contributed by atoms with Crippen LogP contribution in [0.25, 0.3) is 10.9 Å². The van der Waals surface area contributed by atoms with Gasteiger partial charge in [-0.25, -0.2) is 4.79 Å². The van der Waals surface area contributed by atoms with E-state index in [-0.39, 0.29) is 56.8 Å². The van der Waals surface area contributed by atoms with Crippen LogP contribution < -0.4 is 65.9 Å². The van der Waals surface area contributed by atoms with Gasteiger partial charge in [0.1, 0.15) is 48.0 Å². The van der Waals surface area contributed by atoms with Gasteiger partial charge < -0.3 is 86.2 Å². The molecule has 1 aromatic heterocycles. The number of nitrogens with zero attached hydrogens (tertiary/aromatic N) is 1. The molecule has 1 heterocycles. The number of aliphatic carboxylic acids is 1. The first-order chi connectivity index (χ1) is 39.0. The number of hydrogen-bond donors (Lipinski definition) is 16. The van der Waals surface area contributed by atoms with E-state index in [9.17, 15) is 53.7 Å². The number of nitrogens with two attached hydrogens (primary N) is 5. The number of benzene rings is 3. The highest BCUT2D eigenvalue weighted by Gasteiger charge is 2.37. The van der Waals surface area contributed by atoms with Crippen molar-refractivity contribution in [3.8, 4) is 5.75 Å². The fourth-order valence-corrected chi connectivity index (χ4v) is 8.93. The number of phenolic OH excluding ortho intramolecular Hbond substituents is 1. The number of amides is 7. The van der Waals surface area contributed by atoms with Crippen LogP contribution in [0.1, 0.15) is 94.4 Å². The van der Waals surface area contributed by atoms with Gasteiger partial charge in [-0.15, -0.1) is 0 Å². The maximum Gasteiger partial charge on any atom is 0.326 e. The zero-order valence-electron chi connectivity index (χ0n) is 47.1. The van der Waals surface area contributed by atoms with Crippen LogP contribution in [-0.4, -0.2) is 148 Å². The van der Waals surface area contributed by atoms with Crippen molar-refractivity contribution in [3.05, 3.63) is 101 Å². The molecule has 7 amide bonds. The molecule has 21 N–H and O–H groups in total. The van der Waals surface area contributed by atoms with Gasteiger partial charge in [0, 0.05) is 42.9 Å². The number of aryl methyl sites for hydroxylation is 1. The van der Waals surface area contributed by atoms with Gasteiger partial charge in [-0.05, 0) is 119 Å². The molecule has 0 unspecified atom stereocenters. The molecule has 3 aromatic carbocycles. The molecule has 0 spiro atoms. The molecule has 9 atom stereocenters. The molecule has 25 heteroatoms. The Morgan fingerprint density at radius 3 is 1.59 bits per heavy atom. The minimum atomic E-state index is -1.76. The Hall–Kier alpha value is -8.13. The van der Waals surface area contributed by atoms with Crippen molar-refractivity contribution in [3.63, 3.8) is 0 Å². The Labute approximate surface area is 477 Å². The minimum absolute atomic E-state index is 0.0515. The van der Waals surface area contributed by atoms with Gasteiger partial charge in [-0.2, -0.15) is 0 Å². The Balaban J connectivity index is 1.64. The second-order valence-corrected chi connectivity index (χ2v) is 20.8. The van der Waals surface area contributed by atoms with Gasteiger partial charge in [0.2, 0.25) is 41.4 Å². The summed E-state index contributed by atoms with van der Waals surface area (Å²) in [5.74, 6) is -7.88. The number of aromatic hydroxyl groups is 1. The van der Waals surface area contributed by atoms with Crippen LogP contribution in [0.5, 0.6) is 5.75 Å². The number of nitrogens with one attached hydrogen (secondary N) is 8. The maximum absolute atomic E-state index is 14.8. The smallest absolute Gasteiger partial charge is 0.326 e. The Morgan fingerprint density at radius 2 is 1.04 bits per heavy atom. The van der Waals surface area contributed by atoms with Crippen molar-refractivity contribution < 1.29 is 53.7 Å². The number of aromatic nitrogens is 1. The SMILES string of the molecule is Cc1ccc(C[C@H](NC(=O)[C@@H](NC(=O)[C@H](CCCCN)NC(=O)[C@@H](N)CCCN=C(N)N)C(C)C)C(=O)N[C@@H](Cc2ccc(O)cc2)C(=O)N[C@H](C(=O)N[C@@H](Cc2c[nH]c3ccccc23)C(=O)N[C@@H](CCCCN)C(=O)O)[C@@H](C)O)cc1. The van der Waals surface area contributed by atoms with Gasteiger partial charge in [0.15, 0.2) is 5.96 Å². The van der Waals surface area contributed by atoms with Crippen molar-refractivity contribution in [2.45, 2.75) is 153 Å². The highest BCUT2D eigenvalue weighted by Crippen LogP contribution is 2.20. The average molecular weight is 1140 g/mol. The zero-order valence-corrected chi connectivity index (χ0v) is 47.1. The lowest BCUT2D eigenvalue weighted by Gasteiger charge is -2.29. The molecule has 0 saturated carbocycles. The van der Waals surface area contributed by atoms with Crippen molar-refractivity contribution in [2.24, 2.45) is 39.6 Å². The lowest BCUT2D eigenvalue weighted by Crippen LogP contribution is -2.62. The molecule has 0 aliphatic heterocycles. The van der Waals surface area contributed by atoms with Crippen molar-refractivity contribution >= 4 is 64.2 Å². The normalized spacial score (nSPS) is 14.5. The summed E-state index contributed by atoms with van der Waals surface area (Å²) in [4.78, 5) is 119. The van der Waals surface area contributed by atoms with Gasteiger partial charge >= 0.3 is 5.97 Å². The summed E-state index contributed by atoms with van der Waals surface area (Å²) in [6, 6.07) is 9.19. The molecular formula is C57H84N14O11. The third-order valence-corrected chi connectivity index (χ3v) is 13.7. The van der Waals surface area contributed by atoms with E-state index in [0.717, 1.165) is 16.5 Å². The number of carboxylic acids is 1. The van der Waals surface area contributed by atoms with Gasteiger partial charge in [0.05, 0.1) is 12.1 Å². The van der Waals surface area contributed by atoms with Crippen LogP contribution in [0.2, 0.25) is 0 Å². The molecule has 0 radical (unpaired) electrons. The first-order valence-corrected chi connectivity index (χ1v) is 27.6. The Bertz CT molecular complexity index is 2770. The number of para-hydroxylation sites is 1. The first kappa shape index (κ1) is 66.4. The third-order valence-electron chi connectivity index (χ3n) is 13.7. The number of carbonyl (C=O) groups is 8. The summed E-state index contributed by atoms with van der Waals surface area (Å²) in [5, 5.41) is 50.6. The summed E-state index contributed by atoms with van der Waals surface area (Å²) < 4.78 is 0. The number of hydrogen-bond acceptors (Lipinski definition) is 14. The maximum atomic E-state index is 14.8. The molecule has 0 bridgehead atoms. The summed E-state index contributed by atoms with van der Waals surface area (Å²) >= 11 is 0. The van der Waals surface area contributed by atoms with E-state index >= 15 is 0 Å². The molecule has 82 heavy (non-hydrogen) atoms. The lowest BCUT2D eigenvalue weighted by atomic mass is 9.98. The fourth-order valence-electron chi connectivity index (χ4n) is 8.93. The van der Waals surface area contributed by atoms with Crippen molar-refractivity contribution in [1.29, 1.82) is 0 Å². The second-order valence-electron chi connectivity index (χ2n) is 20.8. The first-order valence-electron chi connectivity index (χ1n) is 27.6. The summed E-state index contributed by atoms with van der Waals surface area (Å²) in [7, 11) is 0. The average Bonchev–Trinajstić information content (AvgIpc) is 4.10. The van der Waals surface area contributed by atoms with Gasteiger partial charge in [0.25, 0.3) is 0 Å². The number of H-pyrrole nitrogens is 1. The van der Waals surface area contributed by atoms with Crippen LogP contribution in [0.3, 0.4) is 0 Å². The van der Waals surface area contributed by atoms with Crippen LogP contribution in [0.4, 0.5) is 0 Å². The Kier molecular flexibility index (Phi) is 27.2. The van der Waals surface area contributed by atoms with Crippen LogP contribution in [-0.2, 0) is 57.6 Å². The van der Waals surface area contributed by atoms with Crippen LogP contribution in [0, 0.1) is 12.8 Å². The number of aromatic amines is 1. The monoisotopic (exact) mass is 1140 g/mol. The number of aliphatic hydroxyl groups excluding tert-OH is 1. The predicted octanol–water partition coefficient (Wildman–Crippen LogP) is -0.636. The number of aliphatic hydroxyl groups is 1. The van der Waals surface area contributed by atoms with E-state index in [1.54, 1.807) is 50.4 Å². The summed E-state index contributed by atoms with van der Waals surface area (Å²) in [6.45, 7) is 7.31. The van der Waals surface area contributed by atoms with E-state index in [1.807, 2.05) is 25.1 Å². The summed E-state index contributed by atoms with van der Waals surface area (Å²) in [5.41, 5.74) is 31.6. The van der Waals surface area contributed by atoms with Crippen LogP contribution >= 0.6 is 0 Å². The van der Waals surface area contributed by atoms with Crippen molar-refractivity contribution in [1.82, 2.24) is 42.2 Å². The third kappa shape index (κ3) is 21.7. The molecule has 0 aliphatic carbocycles.